The molecule has 90 valence electrons. The van der Waals surface area contributed by atoms with Gasteiger partial charge in [0.25, 0.3) is 0 Å². The fraction of sp³-hybridized carbons (Fsp3) is 0.538. The Bertz CT molecular complexity index is 335. The van der Waals surface area contributed by atoms with Crippen LogP contribution in [0, 0.1) is 0 Å². The third kappa shape index (κ3) is 2.83. The Morgan fingerprint density at radius 2 is 1.88 bits per heavy atom. The van der Waals surface area contributed by atoms with Crippen LogP contribution in [0.3, 0.4) is 0 Å². The first kappa shape index (κ1) is 13.7. The summed E-state index contributed by atoms with van der Waals surface area (Å²) in [6, 6.07) is 6.50. The molecule has 16 heavy (non-hydrogen) atoms. The zero-order valence-corrected chi connectivity index (χ0v) is 11.6. The molecular weight excluding hydrogens is 241 g/mol. The van der Waals surface area contributed by atoms with Crippen molar-refractivity contribution in [1.82, 2.24) is 0 Å². The minimum atomic E-state index is 0.458. The van der Waals surface area contributed by atoms with Crippen molar-refractivity contribution in [2.24, 2.45) is 0 Å². The molecule has 0 aliphatic carbocycles. The van der Waals surface area contributed by atoms with E-state index < -0.39 is 0 Å². The summed E-state index contributed by atoms with van der Waals surface area (Å²) >= 11 is 12.1. The first-order valence-corrected chi connectivity index (χ1v) is 6.63. The minimum Gasteiger partial charge on any atom is -0.371 e. The highest BCUT2D eigenvalue weighted by atomic mass is 35.5. The predicted molar refractivity (Wildman–Crippen MR) is 73.8 cm³/mol. The van der Waals surface area contributed by atoms with Gasteiger partial charge < -0.3 is 4.90 Å². The predicted octanol–water partition coefficient (Wildman–Crippen LogP) is 4.70. The zero-order chi connectivity index (χ0) is 12.1. The smallest absolute Gasteiger partial charge is 0.0509 e. The topological polar surface area (TPSA) is 3.24 Å². The molecule has 1 aromatic rings. The summed E-state index contributed by atoms with van der Waals surface area (Å²) < 4.78 is 0. The van der Waals surface area contributed by atoms with Crippen LogP contribution in [-0.4, -0.2) is 13.1 Å². The van der Waals surface area contributed by atoms with Crippen molar-refractivity contribution in [2.45, 2.75) is 38.6 Å². The van der Waals surface area contributed by atoms with Crippen LogP contribution in [0.2, 0.25) is 5.02 Å². The summed E-state index contributed by atoms with van der Waals surface area (Å²) in [7, 11) is 2.11. The Morgan fingerprint density at radius 3 is 2.38 bits per heavy atom. The summed E-state index contributed by atoms with van der Waals surface area (Å²) in [6.45, 7) is 4.41. The molecule has 0 amide bonds. The van der Waals surface area contributed by atoms with Crippen molar-refractivity contribution in [2.75, 3.05) is 11.9 Å². The summed E-state index contributed by atoms with van der Waals surface area (Å²) in [5.41, 5.74) is 2.18. The fourth-order valence-corrected chi connectivity index (χ4v) is 2.63. The van der Waals surface area contributed by atoms with E-state index >= 15 is 0 Å². The van der Waals surface area contributed by atoms with E-state index in [1.165, 1.54) is 0 Å². The van der Waals surface area contributed by atoms with Crippen LogP contribution in [0.1, 0.15) is 32.3 Å². The van der Waals surface area contributed by atoms with Crippen molar-refractivity contribution < 1.29 is 0 Å². The quantitative estimate of drug-likeness (QED) is 0.693. The highest BCUT2D eigenvalue weighted by molar-refractivity contribution is 6.32. The average molecular weight is 260 g/mol. The zero-order valence-electron chi connectivity index (χ0n) is 10.1. The van der Waals surface area contributed by atoms with E-state index in [1.807, 2.05) is 12.1 Å². The van der Waals surface area contributed by atoms with Crippen molar-refractivity contribution >= 4 is 28.9 Å². The molecule has 0 spiro atoms. The molecule has 0 bridgehead atoms. The molecule has 0 N–H and O–H groups in total. The molecule has 0 saturated heterocycles. The summed E-state index contributed by atoms with van der Waals surface area (Å²) in [5.74, 6) is 0.458. The van der Waals surface area contributed by atoms with Crippen molar-refractivity contribution in [3.8, 4) is 0 Å². The second-order valence-corrected chi connectivity index (χ2v) is 4.63. The molecule has 0 aliphatic rings. The van der Waals surface area contributed by atoms with E-state index in [9.17, 15) is 0 Å². The third-order valence-corrected chi connectivity index (χ3v) is 3.72. The molecular formula is C13H19Cl2N. The van der Waals surface area contributed by atoms with Crippen molar-refractivity contribution in [1.29, 1.82) is 0 Å². The van der Waals surface area contributed by atoms with E-state index in [-0.39, 0.29) is 0 Å². The monoisotopic (exact) mass is 259 g/mol. The van der Waals surface area contributed by atoms with Gasteiger partial charge in [-0.3, -0.25) is 0 Å². The molecule has 0 atom stereocenters. The lowest BCUT2D eigenvalue weighted by molar-refractivity contribution is 0.590. The Balaban J connectivity index is 3.07. The largest absolute Gasteiger partial charge is 0.371 e. The number of rotatable bonds is 5. The third-order valence-electron chi connectivity index (χ3n) is 3.10. The van der Waals surface area contributed by atoms with Crippen LogP contribution in [0.5, 0.6) is 0 Å². The van der Waals surface area contributed by atoms with Gasteiger partial charge in [0.2, 0.25) is 0 Å². The van der Waals surface area contributed by atoms with Crippen LogP contribution >= 0.6 is 23.2 Å². The SMILES string of the molecule is CCC(CC)N(C)c1cccc(Cl)c1CCl. The van der Waals surface area contributed by atoms with Gasteiger partial charge >= 0.3 is 0 Å². The fourth-order valence-electron chi connectivity index (χ4n) is 2.04. The van der Waals surface area contributed by atoms with Crippen LogP contribution in [-0.2, 0) is 5.88 Å². The summed E-state index contributed by atoms with van der Waals surface area (Å²) in [4.78, 5) is 2.28. The highest BCUT2D eigenvalue weighted by Gasteiger charge is 2.15. The van der Waals surface area contributed by atoms with Gasteiger partial charge in [-0.25, -0.2) is 0 Å². The molecule has 3 heteroatoms. The van der Waals surface area contributed by atoms with Gasteiger partial charge in [0.15, 0.2) is 0 Å². The second kappa shape index (κ2) is 6.36. The average Bonchev–Trinajstić information content (AvgIpc) is 2.30. The lowest BCUT2D eigenvalue weighted by atomic mass is 10.1. The van der Waals surface area contributed by atoms with E-state index in [1.54, 1.807) is 0 Å². The first-order valence-electron chi connectivity index (χ1n) is 5.71. The standard InChI is InChI=1S/C13H19Cl2N/c1-4-10(5-2)16(3)13-8-6-7-12(15)11(13)9-14/h6-8,10H,4-5,9H2,1-3H3. The minimum absolute atomic E-state index is 0.458. The second-order valence-electron chi connectivity index (χ2n) is 3.95. The van der Waals surface area contributed by atoms with Gasteiger partial charge in [-0.1, -0.05) is 31.5 Å². The highest BCUT2D eigenvalue weighted by Crippen LogP contribution is 2.30. The number of hydrogen-bond donors (Lipinski definition) is 0. The normalized spacial score (nSPS) is 10.9. The van der Waals surface area contributed by atoms with Crippen LogP contribution < -0.4 is 4.90 Å². The van der Waals surface area contributed by atoms with Gasteiger partial charge in [0, 0.05) is 29.4 Å². The molecule has 0 aliphatic heterocycles. The first-order chi connectivity index (χ1) is 7.65. The van der Waals surface area contributed by atoms with Gasteiger partial charge in [-0.15, -0.1) is 11.6 Å². The van der Waals surface area contributed by atoms with Gasteiger partial charge in [0.1, 0.15) is 0 Å². The van der Waals surface area contributed by atoms with Crippen LogP contribution in [0.15, 0.2) is 18.2 Å². The molecule has 0 saturated carbocycles. The molecule has 0 fully saturated rings. The molecule has 1 rings (SSSR count). The summed E-state index contributed by atoms with van der Waals surface area (Å²) in [6.07, 6.45) is 2.25. The lowest BCUT2D eigenvalue weighted by Crippen LogP contribution is -2.31. The molecule has 0 unspecified atom stereocenters. The van der Waals surface area contributed by atoms with E-state index in [4.69, 9.17) is 23.2 Å². The van der Waals surface area contributed by atoms with E-state index in [0.29, 0.717) is 11.9 Å². The Morgan fingerprint density at radius 1 is 1.25 bits per heavy atom. The maximum Gasteiger partial charge on any atom is 0.0509 e. The lowest BCUT2D eigenvalue weighted by Gasteiger charge is -2.30. The molecule has 0 heterocycles. The van der Waals surface area contributed by atoms with Crippen molar-refractivity contribution in [3.05, 3.63) is 28.8 Å². The van der Waals surface area contributed by atoms with Crippen LogP contribution in [0.25, 0.3) is 0 Å². The Hall–Kier alpha value is -0.400. The molecule has 0 aromatic heterocycles. The van der Waals surface area contributed by atoms with E-state index in [0.717, 1.165) is 29.1 Å². The number of anilines is 1. The number of alkyl halides is 1. The van der Waals surface area contributed by atoms with Gasteiger partial charge in [0.05, 0.1) is 5.88 Å². The van der Waals surface area contributed by atoms with Gasteiger partial charge in [-0.2, -0.15) is 0 Å². The Labute approximate surface area is 108 Å². The maximum absolute atomic E-state index is 6.15. The van der Waals surface area contributed by atoms with E-state index in [2.05, 4.69) is 31.9 Å². The van der Waals surface area contributed by atoms with Crippen LogP contribution in [0.4, 0.5) is 5.69 Å². The van der Waals surface area contributed by atoms with Gasteiger partial charge in [-0.05, 0) is 25.0 Å². The number of halogens is 2. The number of benzene rings is 1. The number of hydrogen-bond acceptors (Lipinski definition) is 1. The number of nitrogens with zero attached hydrogens (tertiary/aromatic N) is 1. The summed E-state index contributed by atoms with van der Waals surface area (Å²) in [5, 5.41) is 0.755. The maximum atomic E-state index is 6.15. The van der Waals surface area contributed by atoms with Crippen molar-refractivity contribution in [3.63, 3.8) is 0 Å². The molecule has 1 aromatic carbocycles. The molecule has 1 nitrogen and oxygen atoms in total. The molecule has 0 radical (unpaired) electrons. The Kier molecular flexibility index (Phi) is 5.43.